The molecule has 0 aliphatic carbocycles. The molecule has 130 valence electrons. The number of hydrogen-bond acceptors (Lipinski definition) is 5. The summed E-state index contributed by atoms with van der Waals surface area (Å²) in [6.45, 7) is 0.869. The van der Waals surface area contributed by atoms with Crippen molar-refractivity contribution in [2.24, 2.45) is 0 Å². The van der Waals surface area contributed by atoms with Gasteiger partial charge in [0.2, 0.25) is 5.91 Å². The number of anilines is 2. The number of aliphatic hydroxyl groups excluding tert-OH is 1. The molecule has 7 heteroatoms. The topological polar surface area (TPSA) is 105 Å². The average Bonchev–Trinajstić information content (AvgIpc) is 2.61. The van der Waals surface area contributed by atoms with Gasteiger partial charge in [0.15, 0.2) is 6.61 Å². The van der Waals surface area contributed by atoms with Crippen LogP contribution in [-0.2, 0) is 20.9 Å². The second-order valence-corrected chi connectivity index (χ2v) is 5.24. The Hall–Kier alpha value is -3.19. The van der Waals surface area contributed by atoms with Crippen molar-refractivity contribution in [2.75, 3.05) is 17.2 Å². The van der Waals surface area contributed by atoms with Gasteiger partial charge in [-0.2, -0.15) is 0 Å². The molecule has 0 unspecified atom stereocenters. The third-order valence-corrected chi connectivity index (χ3v) is 3.20. The van der Waals surface area contributed by atoms with E-state index in [1.807, 2.05) is 0 Å². The van der Waals surface area contributed by atoms with Crippen molar-refractivity contribution in [1.82, 2.24) is 0 Å². The normalized spacial score (nSPS) is 10.0. The Morgan fingerprint density at radius 2 is 1.48 bits per heavy atom. The molecule has 25 heavy (non-hydrogen) atoms. The lowest BCUT2D eigenvalue weighted by molar-refractivity contribution is -0.119. The molecule has 0 saturated carbocycles. The zero-order chi connectivity index (χ0) is 18.2. The van der Waals surface area contributed by atoms with Crippen molar-refractivity contribution in [1.29, 1.82) is 0 Å². The van der Waals surface area contributed by atoms with Gasteiger partial charge in [-0.3, -0.25) is 9.59 Å². The second-order valence-electron chi connectivity index (χ2n) is 5.24. The molecule has 0 spiro atoms. The third-order valence-electron chi connectivity index (χ3n) is 3.20. The van der Waals surface area contributed by atoms with E-state index >= 15 is 0 Å². The third kappa shape index (κ3) is 5.74. The molecule has 0 fully saturated rings. The van der Waals surface area contributed by atoms with Crippen LogP contribution in [0.2, 0.25) is 0 Å². The summed E-state index contributed by atoms with van der Waals surface area (Å²) in [5.74, 6) is -1.29. The highest BCUT2D eigenvalue weighted by Gasteiger charge is 2.10. The molecule has 2 aromatic rings. The van der Waals surface area contributed by atoms with Crippen LogP contribution >= 0.6 is 0 Å². The Labute approximate surface area is 144 Å². The first-order chi connectivity index (χ1) is 12.0. The lowest BCUT2D eigenvalue weighted by Crippen LogP contribution is -2.21. The molecule has 2 amide bonds. The molecule has 0 bridgehead atoms. The second kappa shape index (κ2) is 8.60. The predicted molar refractivity (Wildman–Crippen MR) is 92.0 cm³/mol. The minimum absolute atomic E-state index is 0.113. The molecular weight excluding hydrogens is 324 g/mol. The van der Waals surface area contributed by atoms with Crippen molar-refractivity contribution < 1.29 is 24.2 Å². The summed E-state index contributed by atoms with van der Waals surface area (Å²) in [5, 5.41) is 14.2. The maximum Gasteiger partial charge on any atom is 0.338 e. The number of esters is 1. The van der Waals surface area contributed by atoms with Gasteiger partial charge in [-0.1, -0.05) is 12.1 Å². The van der Waals surface area contributed by atoms with Crippen LogP contribution in [0.1, 0.15) is 22.8 Å². The predicted octanol–water partition coefficient (Wildman–Crippen LogP) is 1.93. The van der Waals surface area contributed by atoms with Gasteiger partial charge in [0, 0.05) is 18.3 Å². The van der Waals surface area contributed by atoms with Gasteiger partial charge in [-0.25, -0.2) is 4.79 Å². The van der Waals surface area contributed by atoms with Gasteiger partial charge in [0.25, 0.3) is 5.91 Å². The van der Waals surface area contributed by atoms with Gasteiger partial charge >= 0.3 is 5.97 Å². The van der Waals surface area contributed by atoms with Crippen molar-refractivity contribution >= 4 is 29.2 Å². The van der Waals surface area contributed by atoms with Crippen LogP contribution < -0.4 is 10.6 Å². The molecule has 7 nitrogen and oxygen atoms in total. The van der Waals surface area contributed by atoms with Crippen LogP contribution in [0.5, 0.6) is 0 Å². The Morgan fingerprint density at radius 3 is 2.00 bits per heavy atom. The Bertz CT molecular complexity index is 754. The fourth-order valence-corrected chi connectivity index (χ4v) is 2.00. The number of carbonyl (C=O) groups is 3. The Balaban J connectivity index is 1.83. The summed E-state index contributed by atoms with van der Waals surface area (Å²) in [6.07, 6.45) is 0. The highest BCUT2D eigenvalue weighted by atomic mass is 16.5. The fraction of sp³-hybridized carbons (Fsp3) is 0.167. The number of aliphatic hydroxyl groups is 1. The summed E-state index contributed by atoms with van der Waals surface area (Å²) in [4.78, 5) is 34.6. The van der Waals surface area contributed by atoms with Crippen LogP contribution in [0.3, 0.4) is 0 Å². The number of rotatable bonds is 6. The van der Waals surface area contributed by atoms with E-state index in [1.165, 1.54) is 19.1 Å². The standard InChI is InChI=1S/C18H18N2O5/c1-12(22)19-15-6-8-16(9-7-15)20-17(23)11-25-18(24)14-4-2-13(10-21)3-5-14/h2-9,21H,10-11H2,1H3,(H,19,22)(H,20,23). The van der Waals surface area contributed by atoms with E-state index in [0.717, 1.165) is 0 Å². The maximum atomic E-state index is 11.8. The van der Waals surface area contributed by atoms with E-state index in [-0.39, 0.29) is 12.5 Å². The quantitative estimate of drug-likeness (QED) is 0.696. The highest BCUT2D eigenvalue weighted by molar-refractivity contribution is 5.96. The monoisotopic (exact) mass is 342 g/mol. The zero-order valence-electron chi connectivity index (χ0n) is 13.6. The van der Waals surface area contributed by atoms with Crippen LogP contribution in [0.4, 0.5) is 11.4 Å². The maximum absolute atomic E-state index is 11.8. The fourth-order valence-electron chi connectivity index (χ4n) is 2.00. The summed E-state index contributed by atoms with van der Waals surface area (Å²) >= 11 is 0. The first-order valence-electron chi connectivity index (χ1n) is 7.52. The molecule has 2 rings (SSSR count). The largest absolute Gasteiger partial charge is 0.452 e. The number of benzene rings is 2. The first kappa shape index (κ1) is 18.2. The summed E-state index contributed by atoms with van der Waals surface area (Å²) in [7, 11) is 0. The Morgan fingerprint density at radius 1 is 0.920 bits per heavy atom. The zero-order valence-corrected chi connectivity index (χ0v) is 13.6. The minimum atomic E-state index is -0.624. The first-order valence-corrected chi connectivity index (χ1v) is 7.52. The van der Waals surface area contributed by atoms with Crippen LogP contribution in [-0.4, -0.2) is 29.5 Å². The van der Waals surface area contributed by atoms with E-state index in [2.05, 4.69) is 10.6 Å². The molecule has 0 aliphatic rings. The minimum Gasteiger partial charge on any atom is -0.452 e. The molecule has 0 saturated heterocycles. The molecule has 0 radical (unpaired) electrons. The van der Waals surface area contributed by atoms with Crippen LogP contribution in [0.15, 0.2) is 48.5 Å². The van der Waals surface area contributed by atoms with E-state index in [4.69, 9.17) is 9.84 Å². The van der Waals surface area contributed by atoms with Crippen LogP contribution in [0, 0.1) is 0 Å². The van der Waals surface area contributed by atoms with E-state index in [1.54, 1.807) is 36.4 Å². The number of nitrogens with one attached hydrogen (secondary N) is 2. The molecule has 0 atom stereocenters. The van der Waals surface area contributed by atoms with Gasteiger partial charge in [0.1, 0.15) is 0 Å². The molecule has 3 N–H and O–H groups in total. The highest BCUT2D eigenvalue weighted by Crippen LogP contribution is 2.13. The number of carbonyl (C=O) groups excluding carboxylic acids is 3. The number of amides is 2. The van der Waals surface area contributed by atoms with Crippen molar-refractivity contribution in [3.63, 3.8) is 0 Å². The number of ether oxygens (including phenoxy) is 1. The SMILES string of the molecule is CC(=O)Nc1ccc(NC(=O)COC(=O)c2ccc(CO)cc2)cc1. The molecule has 2 aromatic carbocycles. The van der Waals surface area contributed by atoms with Gasteiger partial charge < -0.3 is 20.5 Å². The van der Waals surface area contributed by atoms with Gasteiger partial charge in [-0.05, 0) is 42.0 Å². The van der Waals surface area contributed by atoms with Crippen LogP contribution in [0.25, 0.3) is 0 Å². The van der Waals surface area contributed by atoms with Gasteiger partial charge in [0.05, 0.1) is 12.2 Å². The summed E-state index contributed by atoms with van der Waals surface area (Å²) in [5.41, 5.74) is 2.10. The van der Waals surface area contributed by atoms with Crippen molar-refractivity contribution in [3.05, 3.63) is 59.7 Å². The van der Waals surface area contributed by atoms with E-state index < -0.39 is 18.5 Å². The lowest BCUT2D eigenvalue weighted by atomic mass is 10.1. The molecule has 0 heterocycles. The molecular formula is C18H18N2O5. The average molecular weight is 342 g/mol. The van der Waals surface area contributed by atoms with Gasteiger partial charge in [-0.15, -0.1) is 0 Å². The lowest BCUT2D eigenvalue weighted by Gasteiger charge is -2.08. The van der Waals surface area contributed by atoms with E-state index in [0.29, 0.717) is 22.5 Å². The Kier molecular flexibility index (Phi) is 6.25. The summed E-state index contributed by atoms with van der Waals surface area (Å²) < 4.78 is 4.94. The molecule has 0 aromatic heterocycles. The van der Waals surface area contributed by atoms with E-state index in [9.17, 15) is 14.4 Å². The van der Waals surface area contributed by atoms with Crippen molar-refractivity contribution in [3.8, 4) is 0 Å². The van der Waals surface area contributed by atoms with Crippen molar-refractivity contribution in [2.45, 2.75) is 13.5 Å². The summed E-state index contributed by atoms with van der Waals surface area (Å²) in [6, 6.07) is 12.8. The number of hydrogen-bond donors (Lipinski definition) is 3. The molecule has 0 aliphatic heterocycles. The smallest absolute Gasteiger partial charge is 0.338 e.